The molecule has 2 saturated heterocycles. The monoisotopic (exact) mass is 290 g/mol. The summed E-state index contributed by atoms with van der Waals surface area (Å²) in [6.07, 6.45) is 7.01. The van der Waals surface area contributed by atoms with Gasteiger partial charge in [0.05, 0.1) is 12.3 Å². The molecule has 0 bridgehead atoms. The highest BCUT2D eigenvalue weighted by molar-refractivity contribution is 8.00. The summed E-state index contributed by atoms with van der Waals surface area (Å²) in [5.41, 5.74) is 2.84. The number of ether oxygens (including phenoxy) is 1. The molecule has 4 rings (SSSR count). The predicted molar refractivity (Wildman–Crippen MR) is 82.1 cm³/mol. The van der Waals surface area contributed by atoms with E-state index in [1.165, 1.54) is 50.0 Å². The fraction of sp³-hybridized carbons (Fsp3) is 0.688. The van der Waals surface area contributed by atoms with Crippen LogP contribution in [-0.4, -0.2) is 47.5 Å². The fourth-order valence-corrected chi connectivity index (χ4v) is 5.33. The van der Waals surface area contributed by atoms with Gasteiger partial charge >= 0.3 is 0 Å². The average Bonchev–Trinajstić information content (AvgIpc) is 3.19. The number of hydrogen-bond donors (Lipinski definition) is 0. The van der Waals surface area contributed by atoms with Gasteiger partial charge in [-0.1, -0.05) is 6.07 Å². The molecule has 3 nitrogen and oxygen atoms in total. The first-order valence-electron chi connectivity index (χ1n) is 7.81. The number of hydrogen-bond acceptors (Lipinski definition) is 4. The molecule has 3 aliphatic rings. The summed E-state index contributed by atoms with van der Waals surface area (Å²) in [4.78, 5) is 7.28. The minimum Gasteiger partial charge on any atom is -0.380 e. The lowest BCUT2D eigenvalue weighted by Crippen LogP contribution is -2.33. The molecule has 0 radical (unpaired) electrons. The summed E-state index contributed by atoms with van der Waals surface area (Å²) in [5, 5.41) is 1.42. The predicted octanol–water partition coefficient (Wildman–Crippen LogP) is 2.67. The Morgan fingerprint density at radius 2 is 2.30 bits per heavy atom. The Labute approximate surface area is 125 Å². The molecule has 0 aromatic carbocycles. The number of thioether (sulfide) groups is 1. The second-order valence-corrected chi connectivity index (χ2v) is 7.64. The summed E-state index contributed by atoms with van der Waals surface area (Å²) in [7, 11) is 0. The zero-order valence-electron chi connectivity index (χ0n) is 11.8. The van der Waals surface area contributed by atoms with Gasteiger partial charge in [-0.15, -0.1) is 11.8 Å². The number of nitrogens with zero attached hydrogens (tertiary/aromatic N) is 2. The first-order valence-corrected chi connectivity index (χ1v) is 8.75. The first-order chi connectivity index (χ1) is 9.90. The molecular weight excluding hydrogens is 268 g/mol. The average molecular weight is 290 g/mol. The van der Waals surface area contributed by atoms with Crippen LogP contribution in [0.2, 0.25) is 0 Å². The van der Waals surface area contributed by atoms with Crippen molar-refractivity contribution in [3.05, 3.63) is 29.6 Å². The SMILES string of the molecule is c1cnc2c(c1)CCC2S[C@@H]1CCN(C2CCOC2)C1. The third kappa shape index (κ3) is 2.49. The normalized spacial score (nSPS) is 33.7. The van der Waals surface area contributed by atoms with Gasteiger partial charge in [0, 0.05) is 35.9 Å². The Morgan fingerprint density at radius 1 is 1.30 bits per heavy atom. The number of fused-ring (bicyclic) bond motifs is 1. The smallest absolute Gasteiger partial charge is 0.0622 e. The van der Waals surface area contributed by atoms with E-state index >= 15 is 0 Å². The maximum Gasteiger partial charge on any atom is 0.0622 e. The van der Waals surface area contributed by atoms with E-state index in [9.17, 15) is 0 Å². The molecule has 2 aliphatic heterocycles. The van der Waals surface area contributed by atoms with E-state index in [1.807, 2.05) is 6.20 Å². The maximum atomic E-state index is 5.53. The summed E-state index contributed by atoms with van der Waals surface area (Å²) in [6, 6.07) is 5.01. The lowest BCUT2D eigenvalue weighted by molar-refractivity contribution is 0.159. The highest BCUT2D eigenvalue weighted by atomic mass is 32.2. The third-order valence-corrected chi connectivity index (χ3v) is 6.42. The van der Waals surface area contributed by atoms with E-state index in [0.29, 0.717) is 11.3 Å². The standard InChI is InChI=1S/C16H22N2OS/c1-2-12-3-4-15(16(12)17-7-1)20-14-5-8-18(10-14)13-6-9-19-11-13/h1-2,7,13-15H,3-6,8-11H2/t13?,14-,15?/m1/s1. The second kappa shape index (κ2) is 5.66. The zero-order chi connectivity index (χ0) is 13.4. The minimum atomic E-state index is 0.635. The van der Waals surface area contributed by atoms with E-state index in [0.717, 1.165) is 18.5 Å². The molecule has 20 heavy (non-hydrogen) atoms. The van der Waals surface area contributed by atoms with Gasteiger partial charge in [-0.3, -0.25) is 9.88 Å². The van der Waals surface area contributed by atoms with Gasteiger partial charge in [-0.05, 0) is 43.9 Å². The highest BCUT2D eigenvalue weighted by Gasteiger charge is 2.34. The number of rotatable bonds is 3. The Kier molecular flexibility index (Phi) is 3.71. The molecule has 0 amide bonds. The molecule has 1 aromatic heterocycles. The van der Waals surface area contributed by atoms with Crippen LogP contribution in [0, 0.1) is 0 Å². The van der Waals surface area contributed by atoms with Crippen molar-refractivity contribution < 1.29 is 4.74 Å². The summed E-state index contributed by atoms with van der Waals surface area (Å²) < 4.78 is 5.53. The largest absolute Gasteiger partial charge is 0.380 e. The van der Waals surface area contributed by atoms with Crippen molar-refractivity contribution in [3.8, 4) is 0 Å². The molecule has 4 heteroatoms. The van der Waals surface area contributed by atoms with Gasteiger partial charge in [0.1, 0.15) is 0 Å². The Bertz CT molecular complexity index is 475. The number of aryl methyl sites for hydroxylation is 1. The van der Waals surface area contributed by atoms with Crippen molar-refractivity contribution in [1.82, 2.24) is 9.88 Å². The number of likely N-dealkylation sites (tertiary alicyclic amines) is 1. The van der Waals surface area contributed by atoms with Crippen LogP contribution in [0.4, 0.5) is 0 Å². The Morgan fingerprint density at radius 3 is 3.20 bits per heavy atom. The van der Waals surface area contributed by atoms with Crippen LogP contribution < -0.4 is 0 Å². The number of pyridine rings is 1. The highest BCUT2D eigenvalue weighted by Crippen LogP contribution is 2.44. The van der Waals surface area contributed by atoms with E-state index in [4.69, 9.17) is 4.74 Å². The minimum absolute atomic E-state index is 0.635. The molecule has 3 heterocycles. The van der Waals surface area contributed by atoms with E-state index < -0.39 is 0 Å². The van der Waals surface area contributed by atoms with Gasteiger partial charge in [0.15, 0.2) is 0 Å². The molecule has 2 unspecified atom stereocenters. The van der Waals surface area contributed by atoms with E-state index in [1.54, 1.807) is 0 Å². The molecule has 108 valence electrons. The molecule has 2 fully saturated rings. The van der Waals surface area contributed by atoms with Crippen molar-refractivity contribution in [1.29, 1.82) is 0 Å². The Balaban J connectivity index is 1.37. The van der Waals surface area contributed by atoms with Crippen LogP contribution in [0.5, 0.6) is 0 Å². The van der Waals surface area contributed by atoms with Crippen LogP contribution in [0.25, 0.3) is 0 Å². The van der Waals surface area contributed by atoms with Crippen molar-refractivity contribution in [2.45, 2.75) is 42.2 Å². The van der Waals surface area contributed by atoms with Gasteiger partial charge in [0.25, 0.3) is 0 Å². The fourth-order valence-electron chi connectivity index (χ4n) is 3.75. The second-order valence-electron chi connectivity index (χ2n) is 6.13. The topological polar surface area (TPSA) is 25.4 Å². The number of aromatic nitrogens is 1. The molecule has 0 N–H and O–H groups in total. The van der Waals surface area contributed by atoms with Gasteiger partial charge in [-0.2, -0.15) is 0 Å². The maximum absolute atomic E-state index is 5.53. The summed E-state index contributed by atoms with van der Waals surface area (Å²) >= 11 is 2.18. The molecular formula is C16H22N2OS. The lowest BCUT2D eigenvalue weighted by atomic mass is 10.2. The molecule has 1 aromatic rings. The van der Waals surface area contributed by atoms with Crippen LogP contribution in [0.15, 0.2) is 18.3 Å². The molecule has 0 saturated carbocycles. The lowest BCUT2D eigenvalue weighted by Gasteiger charge is -2.22. The molecule has 1 aliphatic carbocycles. The van der Waals surface area contributed by atoms with Crippen LogP contribution in [0.1, 0.15) is 35.8 Å². The van der Waals surface area contributed by atoms with Crippen LogP contribution in [-0.2, 0) is 11.2 Å². The van der Waals surface area contributed by atoms with Crippen molar-refractivity contribution in [2.24, 2.45) is 0 Å². The first kappa shape index (κ1) is 13.1. The molecule has 3 atom stereocenters. The molecule has 0 spiro atoms. The quantitative estimate of drug-likeness (QED) is 0.854. The van der Waals surface area contributed by atoms with Crippen LogP contribution in [0.3, 0.4) is 0 Å². The summed E-state index contributed by atoms with van der Waals surface area (Å²) in [6.45, 7) is 4.41. The van der Waals surface area contributed by atoms with Crippen molar-refractivity contribution in [3.63, 3.8) is 0 Å². The van der Waals surface area contributed by atoms with Crippen LogP contribution >= 0.6 is 11.8 Å². The van der Waals surface area contributed by atoms with Gasteiger partial charge < -0.3 is 4.74 Å². The van der Waals surface area contributed by atoms with Gasteiger partial charge in [-0.25, -0.2) is 0 Å². The van der Waals surface area contributed by atoms with Gasteiger partial charge in [0.2, 0.25) is 0 Å². The van der Waals surface area contributed by atoms with Crippen molar-refractivity contribution >= 4 is 11.8 Å². The van der Waals surface area contributed by atoms with Crippen molar-refractivity contribution in [2.75, 3.05) is 26.3 Å². The zero-order valence-corrected chi connectivity index (χ0v) is 12.6. The van der Waals surface area contributed by atoms with E-state index in [-0.39, 0.29) is 0 Å². The third-order valence-electron chi connectivity index (χ3n) is 4.86. The Hall–Kier alpha value is -0.580. The summed E-state index contributed by atoms with van der Waals surface area (Å²) in [5.74, 6) is 0. The van der Waals surface area contributed by atoms with E-state index in [2.05, 4.69) is 33.8 Å².